The van der Waals surface area contributed by atoms with Gasteiger partial charge in [0.15, 0.2) is 0 Å². The van der Waals surface area contributed by atoms with Crippen LogP contribution in [0.25, 0.3) is 0 Å². The van der Waals surface area contributed by atoms with E-state index in [1.54, 1.807) is 6.07 Å². The van der Waals surface area contributed by atoms with Gasteiger partial charge < -0.3 is 15.5 Å². The topological polar surface area (TPSA) is 108 Å². The summed E-state index contributed by atoms with van der Waals surface area (Å²) in [6, 6.07) is 17.9. The van der Waals surface area contributed by atoms with Crippen molar-refractivity contribution in [2.75, 3.05) is 21.5 Å². The molecule has 2 atom stereocenters. The van der Waals surface area contributed by atoms with Crippen molar-refractivity contribution in [3.05, 3.63) is 84.2 Å². The highest BCUT2D eigenvalue weighted by Gasteiger charge is 2.41. The van der Waals surface area contributed by atoms with E-state index in [9.17, 15) is 22.4 Å². The number of fused-ring (bicyclic) bond motifs is 3. The third-order valence-corrected chi connectivity index (χ3v) is 7.33. The Kier molecular flexibility index (Phi) is 5.45. The van der Waals surface area contributed by atoms with Gasteiger partial charge in [0.2, 0.25) is 5.91 Å². The summed E-state index contributed by atoms with van der Waals surface area (Å²) in [5, 5.41) is 5.83. The van der Waals surface area contributed by atoms with Crippen LogP contribution in [0.1, 0.15) is 16.8 Å². The first-order chi connectivity index (χ1) is 16.3. The van der Waals surface area contributed by atoms with Crippen LogP contribution in [0.3, 0.4) is 0 Å². The third kappa shape index (κ3) is 4.08. The normalized spacial score (nSPS) is 19.1. The quantitative estimate of drug-likeness (QED) is 0.521. The standard InChI is InChI=1S/C24H21FN4O4S/c25-18-8-1-4-11-22(18)34(32,33)28-16-7-5-6-15(12-16)23(30)26-17-13-21-24(31)27-19-9-2-3-10-20(19)29(21)14-17/h1-12,17,21,28H,13-14H2,(H,26,30)(H,27,31). The molecule has 3 N–H and O–H groups in total. The summed E-state index contributed by atoms with van der Waals surface area (Å²) in [6.07, 6.45) is 0.450. The summed E-state index contributed by atoms with van der Waals surface area (Å²) >= 11 is 0. The van der Waals surface area contributed by atoms with Gasteiger partial charge in [-0.3, -0.25) is 14.3 Å². The summed E-state index contributed by atoms with van der Waals surface area (Å²) in [4.78, 5) is 26.9. The molecule has 0 radical (unpaired) electrons. The Morgan fingerprint density at radius 2 is 1.79 bits per heavy atom. The van der Waals surface area contributed by atoms with Gasteiger partial charge in [0.1, 0.15) is 16.8 Å². The van der Waals surface area contributed by atoms with E-state index in [0.717, 1.165) is 23.5 Å². The highest BCUT2D eigenvalue weighted by Crippen LogP contribution is 2.36. The molecule has 0 aliphatic carbocycles. The highest BCUT2D eigenvalue weighted by molar-refractivity contribution is 7.92. The predicted molar refractivity (Wildman–Crippen MR) is 126 cm³/mol. The molecule has 5 rings (SSSR count). The molecule has 0 bridgehead atoms. The predicted octanol–water partition coefficient (Wildman–Crippen LogP) is 2.96. The Morgan fingerprint density at radius 1 is 1.03 bits per heavy atom. The fourth-order valence-electron chi connectivity index (χ4n) is 4.37. The number of benzene rings is 3. The number of nitrogens with one attached hydrogen (secondary N) is 3. The maximum Gasteiger partial charge on any atom is 0.264 e. The zero-order valence-corrected chi connectivity index (χ0v) is 18.7. The Bertz CT molecular complexity index is 1390. The first-order valence-corrected chi connectivity index (χ1v) is 12.1. The largest absolute Gasteiger partial charge is 0.356 e. The van der Waals surface area contributed by atoms with Crippen LogP contribution in [-0.2, 0) is 14.8 Å². The zero-order valence-electron chi connectivity index (χ0n) is 17.9. The van der Waals surface area contributed by atoms with Gasteiger partial charge in [0.05, 0.1) is 11.4 Å². The monoisotopic (exact) mass is 480 g/mol. The molecule has 10 heteroatoms. The SMILES string of the molecule is O=C(NC1CC2C(=O)Nc3ccccc3N2C1)c1cccc(NS(=O)(=O)c2ccccc2F)c1. The van der Waals surface area contributed by atoms with Gasteiger partial charge in [0, 0.05) is 23.8 Å². The minimum atomic E-state index is -4.17. The summed E-state index contributed by atoms with van der Waals surface area (Å²) in [5.41, 5.74) is 2.02. The molecule has 0 spiro atoms. The van der Waals surface area contributed by atoms with Crippen molar-refractivity contribution >= 4 is 38.9 Å². The number of hydrogen-bond donors (Lipinski definition) is 3. The molecular weight excluding hydrogens is 459 g/mol. The maximum atomic E-state index is 14.0. The first kappa shape index (κ1) is 21.9. The Labute approximate surface area is 195 Å². The molecule has 2 heterocycles. The molecule has 0 saturated carbocycles. The van der Waals surface area contributed by atoms with E-state index in [1.807, 2.05) is 29.2 Å². The van der Waals surface area contributed by atoms with E-state index in [2.05, 4.69) is 15.4 Å². The molecule has 2 unspecified atom stereocenters. The average Bonchev–Trinajstić information content (AvgIpc) is 3.24. The van der Waals surface area contributed by atoms with Crippen LogP contribution in [-0.4, -0.2) is 38.9 Å². The number of sulfonamides is 1. The molecule has 174 valence electrons. The molecule has 2 amide bonds. The summed E-state index contributed by atoms with van der Waals surface area (Å²) in [7, 11) is -4.17. The van der Waals surface area contributed by atoms with Gasteiger partial charge in [-0.05, 0) is 48.9 Å². The lowest BCUT2D eigenvalue weighted by atomic mass is 10.1. The van der Waals surface area contributed by atoms with Gasteiger partial charge in [-0.1, -0.05) is 30.3 Å². The fraction of sp³-hybridized carbons (Fsp3) is 0.167. The fourth-order valence-corrected chi connectivity index (χ4v) is 5.50. The second-order valence-corrected chi connectivity index (χ2v) is 9.85. The number of halogens is 1. The second-order valence-electron chi connectivity index (χ2n) is 8.20. The number of hydrogen-bond acceptors (Lipinski definition) is 5. The number of para-hydroxylation sites is 2. The Balaban J connectivity index is 1.30. The maximum absolute atomic E-state index is 14.0. The van der Waals surface area contributed by atoms with Crippen molar-refractivity contribution in [3.63, 3.8) is 0 Å². The number of anilines is 3. The number of rotatable bonds is 5. The highest BCUT2D eigenvalue weighted by atomic mass is 32.2. The van der Waals surface area contributed by atoms with Crippen molar-refractivity contribution in [3.8, 4) is 0 Å². The molecule has 0 aromatic heterocycles. The molecule has 8 nitrogen and oxygen atoms in total. The first-order valence-electron chi connectivity index (χ1n) is 10.7. The van der Waals surface area contributed by atoms with E-state index in [-0.39, 0.29) is 29.2 Å². The van der Waals surface area contributed by atoms with Crippen LogP contribution in [0.2, 0.25) is 0 Å². The zero-order chi connectivity index (χ0) is 23.9. The van der Waals surface area contributed by atoms with Gasteiger partial charge in [-0.2, -0.15) is 0 Å². The van der Waals surface area contributed by atoms with E-state index in [0.29, 0.717) is 13.0 Å². The molecule has 3 aromatic carbocycles. The Hall–Kier alpha value is -3.92. The minimum absolute atomic E-state index is 0.111. The second kappa shape index (κ2) is 8.45. The third-order valence-electron chi connectivity index (χ3n) is 5.91. The van der Waals surface area contributed by atoms with Crippen LogP contribution in [0.5, 0.6) is 0 Å². The van der Waals surface area contributed by atoms with Crippen molar-refractivity contribution < 1.29 is 22.4 Å². The van der Waals surface area contributed by atoms with Crippen LogP contribution >= 0.6 is 0 Å². The van der Waals surface area contributed by atoms with Crippen molar-refractivity contribution in [1.82, 2.24) is 5.32 Å². The van der Waals surface area contributed by atoms with Crippen LogP contribution in [0, 0.1) is 5.82 Å². The average molecular weight is 481 g/mol. The van der Waals surface area contributed by atoms with E-state index < -0.39 is 26.6 Å². The van der Waals surface area contributed by atoms with Crippen LogP contribution in [0.15, 0.2) is 77.7 Å². The lowest BCUT2D eigenvalue weighted by molar-refractivity contribution is -0.117. The van der Waals surface area contributed by atoms with E-state index in [4.69, 9.17) is 0 Å². The van der Waals surface area contributed by atoms with Gasteiger partial charge in [-0.25, -0.2) is 12.8 Å². The van der Waals surface area contributed by atoms with Gasteiger partial charge in [0.25, 0.3) is 15.9 Å². The van der Waals surface area contributed by atoms with Gasteiger partial charge >= 0.3 is 0 Å². The lowest BCUT2D eigenvalue weighted by Gasteiger charge is -2.32. The number of nitrogens with zero attached hydrogens (tertiary/aromatic N) is 1. The molecule has 1 saturated heterocycles. The molecule has 2 aliphatic rings. The molecule has 1 fully saturated rings. The van der Waals surface area contributed by atoms with Crippen LogP contribution < -0.4 is 20.3 Å². The number of amides is 2. The Morgan fingerprint density at radius 3 is 2.62 bits per heavy atom. The van der Waals surface area contributed by atoms with Crippen molar-refractivity contribution in [1.29, 1.82) is 0 Å². The van der Waals surface area contributed by atoms with Crippen LogP contribution in [0.4, 0.5) is 21.5 Å². The smallest absolute Gasteiger partial charge is 0.264 e. The minimum Gasteiger partial charge on any atom is -0.356 e. The molecule has 3 aromatic rings. The summed E-state index contributed by atoms with van der Waals surface area (Å²) in [6.45, 7) is 0.473. The lowest BCUT2D eigenvalue weighted by Crippen LogP contribution is -2.44. The van der Waals surface area contributed by atoms with Crippen molar-refractivity contribution in [2.45, 2.75) is 23.4 Å². The van der Waals surface area contributed by atoms with Gasteiger partial charge in [-0.15, -0.1) is 0 Å². The molecular formula is C24H21FN4O4S. The number of carbonyl (C=O) groups is 2. The number of carbonyl (C=O) groups excluding carboxylic acids is 2. The van der Waals surface area contributed by atoms with E-state index in [1.165, 1.54) is 30.3 Å². The van der Waals surface area contributed by atoms with E-state index >= 15 is 0 Å². The molecule has 34 heavy (non-hydrogen) atoms. The summed E-state index contributed by atoms with van der Waals surface area (Å²) in [5.74, 6) is -1.38. The summed E-state index contributed by atoms with van der Waals surface area (Å²) < 4.78 is 41.4. The van der Waals surface area contributed by atoms with Crippen molar-refractivity contribution in [2.24, 2.45) is 0 Å². The molecule has 2 aliphatic heterocycles.